The molecule has 1 aromatic carbocycles. The standard InChI is InChI=1S/C15H19N3OS/c1-4-12-5-7-13(8-6-12)18-15(19)16-9-14-10(2)17-11(3)20-14/h5-8H,4,9H2,1-3H3,(H2,16,18,19). The van der Waals surface area contributed by atoms with Crippen molar-refractivity contribution in [3.63, 3.8) is 0 Å². The number of benzene rings is 1. The van der Waals surface area contributed by atoms with Crippen molar-refractivity contribution in [2.24, 2.45) is 0 Å². The lowest BCUT2D eigenvalue weighted by Gasteiger charge is -2.07. The summed E-state index contributed by atoms with van der Waals surface area (Å²) in [6.45, 7) is 6.54. The first-order chi connectivity index (χ1) is 9.58. The van der Waals surface area contributed by atoms with Gasteiger partial charge in [-0.05, 0) is 38.0 Å². The minimum atomic E-state index is -0.195. The predicted octanol–water partition coefficient (Wildman–Crippen LogP) is 3.64. The fourth-order valence-corrected chi connectivity index (χ4v) is 2.77. The van der Waals surface area contributed by atoms with Crippen molar-refractivity contribution in [1.29, 1.82) is 0 Å². The van der Waals surface area contributed by atoms with E-state index in [0.717, 1.165) is 27.7 Å². The summed E-state index contributed by atoms with van der Waals surface area (Å²) in [7, 11) is 0. The van der Waals surface area contributed by atoms with Crippen LogP contribution in [0.3, 0.4) is 0 Å². The molecule has 0 saturated heterocycles. The third-order valence-electron chi connectivity index (χ3n) is 3.03. The third-order valence-corrected chi connectivity index (χ3v) is 4.10. The summed E-state index contributed by atoms with van der Waals surface area (Å²) in [5.41, 5.74) is 3.05. The summed E-state index contributed by atoms with van der Waals surface area (Å²) < 4.78 is 0. The van der Waals surface area contributed by atoms with Crippen molar-refractivity contribution >= 4 is 23.1 Å². The SMILES string of the molecule is CCc1ccc(NC(=O)NCc2sc(C)nc2C)cc1. The highest BCUT2D eigenvalue weighted by molar-refractivity contribution is 7.11. The molecule has 1 aromatic heterocycles. The molecule has 0 aliphatic heterocycles. The molecule has 1 heterocycles. The lowest BCUT2D eigenvalue weighted by molar-refractivity contribution is 0.252. The second-order valence-electron chi connectivity index (χ2n) is 4.60. The van der Waals surface area contributed by atoms with Crippen LogP contribution in [0.5, 0.6) is 0 Å². The van der Waals surface area contributed by atoms with Gasteiger partial charge >= 0.3 is 6.03 Å². The molecule has 0 aliphatic rings. The number of hydrogen-bond acceptors (Lipinski definition) is 3. The van der Waals surface area contributed by atoms with Gasteiger partial charge in [0.1, 0.15) is 0 Å². The molecule has 0 fully saturated rings. The summed E-state index contributed by atoms with van der Waals surface area (Å²) in [4.78, 5) is 17.3. The van der Waals surface area contributed by atoms with Crippen LogP contribution in [0, 0.1) is 13.8 Å². The van der Waals surface area contributed by atoms with Crippen LogP contribution in [0.4, 0.5) is 10.5 Å². The molecule has 2 amide bonds. The number of aryl methyl sites for hydroxylation is 3. The molecule has 0 radical (unpaired) electrons. The zero-order valence-corrected chi connectivity index (χ0v) is 12.8. The van der Waals surface area contributed by atoms with Crippen molar-refractivity contribution in [2.75, 3.05) is 5.32 Å². The van der Waals surface area contributed by atoms with Gasteiger partial charge in [-0.2, -0.15) is 0 Å². The van der Waals surface area contributed by atoms with Crippen LogP contribution in [0.15, 0.2) is 24.3 Å². The Balaban J connectivity index is 1.87. The summed E-state index contributed by atoms with van der Waals surface area (Å²) in [5, 5.41) is 6.70. The van der Waals surface area contributed by atoms with Gasteiger partial charge in [0.05, 0.1) is 17.2 Å². The van der Waals surface area contributed by atoms with E-state index in [2.05, 4.69) is 22.5 Å². The van der Waals surface area contributed by atoms with E-state index in [0.29, 0.717) is 6.54 Å². The molecule has 0 spiro atoms. The maximum Gasteiger partial charge on any atom is 0.319 e. The number of anilines is 1. The van der Waals surface area contributed by atoms with Crippen LogP contribution >= 0.6 is 11.3 Å². The van der Waals surface area contributed by atoms with Gasteiger partial charge in [0.2, 0.25) is 0 Å². The molecule has 2 aromatic rings. The lowest BCUT2D eigenvalue weighted by atomic mass is 10.1. The quantitative estimate of drug-likeness (QED) is 0.902. The molecule has 2 N–H and O–H groups in total. The Morgan fingerprint density at radius 2 is 1.95 bits per heavy atom. The van der Waals surface area contributed by atoms with Gasteiger partial charge in [-0.1, -0.05) is 19.1 Å². The number of thiazole rings is 1. The Hall–Kier alpha value is -1.88. The largest absolute Gasteiger partial charge is 0.333 e. The molecule has 0 bridgehead atoms. The fraction of sp³-hybridized carbons (Fsp3) is 0.333. The molecule has 5 heteroatoms. The summed E-state index contributed by atoms with van der Waals surface area (Å²) >= 11 is 1.61. The van der Waals surface area contributed by atoms with Crippen LogP contribution < -0.4 is 10.6 Å². The van der Waals surface area contributed by atoms with Crippen LogP contribution in [0.25, 0.3) is 0 Å². The highest BCUT2D eigenvalue weighted by atomic mass is 32.1. The van der Waals surface area contributed by atoms with Gasteiger partial charge in [-0.25, -0.2) is 9.78 Å². The van der Waals surface area contributed by atoms with E-state index in [-0.39, 0.29) is 6.03 Å². The van der Waals surface area contributed by atoms with E-state index in [1.165, 1.54) is 5.56 Å². The monoisotopic (exact) mass is 289 g/mol. The number of hydrogen-bond donors (Lipinski definition) is 2. The number of nitrogens with one attached hydrogen (secondary N) is 2. The number of carbonyl (C=O) groups excluding carboxylic acids is 1. The van der Waals surface area contributed by atoms with E-state index >= 15 is 0 Å². The number of rotatable bonds is 4. The van der Waals surface area contributed by atoms with Gasteiger partial charge in [0.15, 0.2) is 0 Å². The Morgan fingerprint density at radius 1 is 1.25 bits per heavy atom. The van der Waals surface area contributed by atoms with Crippen molar-refractivity contribution in [2.45, 2.75) is 33.7 Å². The van der Waals surface area contributed by atoms with Gasteiger partial charge in [-0.15, -0.1) is 11.3 Å². The van der Waals surface area contributed by atoms with Crippen molar-refractivity contribution in [1.82, 2.24) is 10.3 Å². The summed E-state index contributed by atoms with van der Waals surface area (Å²) in [6, 6.07) is 7.68. The van der Waals surface area contributed by atoms with Crippen molar-refractivity contribution in [3.05, 3.63) is 45.4 Å². The summed E-state index contributed by atoms with van der Waals surface area (Å²) in [6.07, 6.45) is 0.997. The molecular weight excluding hydrogens is 270 g/mol. The van der Waals surface area contributed by atoms with Gasteiger partial charge in [-0.3, -0.25) is 0 Å². The van der Waals surface area contributed by atoms with Gasteiger partial charge in [0.25, 0.3) is 0 Å². The molecule has 0 aliphatic carbocycles. The number of aromatic nitrogens is 1. The molecule has 0 unspecified atom stereocenters. The number of amides is 2. The van der Waals surface area contributed by atoms with E-state index in [1.54, 1.807) is 11.3 Å². The van der Waals surface area contributed by atoms with Crippen LogP contribution in [-0.4, -0.2) is 11.0 Å². The summed E-state index contributed by atoms with van der Waals surface area (Å²) in [5.74, 6) is 0. The highest BCUT2D eigenvalue weighted by Crippen LogP contribution is 2.16. The normalized spacial score (nSPS) is 10.3. The topological polar surface area (TPSA) is 54.0 Å². The van der Waals surface area contributed by atoms with E-state index in [9.17, 15) is 4.79 Å². The minimum Gasteiger partial charge on any atom is -0.333 e. The molecular formula is C15H19N3OS. The zero-order valence-electron chi connectivity index (χ0n) is 12.0. The third kappa shape index (κ3) is 3.81. The average Bonchev–Trinajstić information content (AvgIpc) is 2.75. The Labute approximate surface area is 123 Å². The number of urea groups is 1. The molecule has 2 rings (SSSR count). The Bertz CT molecular complexity index is 590. The minimum absolute atomic E-state index is 0.195. The molecule has 0 saturated carbocycles. The van der Waals surface area contributed by atoms with E-state index < -0.39 is 0 Å². The molecule has 106 valence electrons. The smallest absolute Gasteiger partial charge is 0.319 e. The second-order valence-corrected chi connectivity index (χ2v) is 5.89. The molecule has 20 heavy (non-hydrogen) atoms. The zero-order chi connectivity index (χ0) is 14.5. The van der Waals surface area contributed by atoms with Crippen LogP contribution in [0.2, 0.25) is 0 Å². The maximum absolute atomic E-state index is 11.8. The van der Waals surface area contributed by atoms with E-state index in [4.69, 9.17) is 0 Å². The number of carbonyl (C=O) groups is 1. The first-order valence-electron chi connectivity index (χ1n) is 6.65. The Morgan fingerprint density at radius 3 is 2.50 bits per heavy atom. The van der Waals surface area contributed by atoms with E-state index in [1.807, 2.05) is 38.1 Å². The highest BCUT2D eigenvalue weighted by Gasteiger charge is 2.07. The maximum atomic E-state index is 11.8. The van der Waals surface area contributed by atoms with Crippen LogP contribution in [-0.2, 0) is 13.0 Å². The van der Waals surface area contributed by atoms with Gasteiger partial charge in [0, 0.05) is 10.6 Å². The first kappa shape index (κ1) is 14.5. The second kappa shape index (κ2) is 6.52. The van der Waals surface area contributed by atoms with Gasteiger partial charge < -0.3 is 10.6 Å². The van der Waals surface area contributed by atoms with Crippen molar-refractivity contribution < 1.29 is 4.79 Å². The lowest BCUT2D eigenvalue weighted by Crippen LogP contribution is -2.28. The first-order valence-corrected chi connectivity index (χ1v) is 7.47. The van der Waals surface area contributed by atoms with Crippen LogP contribution in [0.1, 0.15) is 28.1 Å². The fourth-order valence-electron chi connectivity index (χ4n) is 1.90. The molecule has 0 atom stereocenters. The molecule has 4 nitrogen and oxygen atoms in total. The number of nitrogens with zero attached hydrogens (tertiary/aromatic N) is 1. The Kier molecular flexibility index (Phi) is 4.74. The predicted molar refractivity (Wildman–Crippen MR) is 83.3 cm³/mol. The van der Waals surface area contributed by atoms with Crippen molar-refractivity contribution in [3.8, 4) is 0 Å². The average molecular weight is 289 g/mol.